The van der Waals surface area contributed by atoms with E-state index in [1.165, 1.54) is 12.1 Å². The highest BCUT2D eigenvalue weighted by molar-refractivity contribution is 9.10. The lowest BCUT2D eigenvalue weighted by Crippen LogP contribution is -1.99. The van der Waals surface area contributed by atoms with E-state index in [0.29, 0.717) is 6.54 Å². The smallest absolute Gasteiger partial charge is 0.126 e. The maximum Gasteiger partial charge on any atom is 0.126 e. The van der Waals surface area contributed by atoms with E-state index in [2.05, 4.69) is 26.2 Å². The number of halogens is 2. The van der Waals surface area contributed by atoms with Gasteiger partial charge in [0.1, 0.15) is 5.82 Å². The maximum atomic E-state index is 13.1. The molecule has 1 N–H and O–H groups in total. The second kappa shape index (κ2) is 5.07. The molecule has 4 heteroatoms. The number of hydrogen-bond donors (Lipinski definition) is 1. The summed E-state index contributed by atoms with van der Waals surface area (Å²) in [6, 6.07) is 8.56. The van der Waals surface area contributed by atoms with Crippen LogP contribution in [0.15, 0.2) is 47.2 Å². The van der Waals surface area contributed by atoms with E-state index >= 15 is 0 Å². The van der Waals surface area contributed by atoms with Gasteiger partial charge in [0.05, 0.1) is 0 Å². The highest BCUT2D eigenvalue weighted by Gasteiger charge is 1.98. The topological polar surface area (TPSA) is 24.9 Å². The van der Waals surface area contributed by atoms with Crippen molar-refractivity contribution in [3.8, 4) is 0 Å². The van der Waals surface area contributed by atoms with Crippen LogP contribution in [-0.2, 0) is 6.54 Å². The number of benzene rings is 1. The van der Waals surface area contributed by atoms with Crippen molar-refractivity contribution >= 4 is 21.6 Å². The molecular formula is C12H10BrFN2. The van der Waals surface area contributed by atoms with Crippen molar-refractivity contribution in [1.82, 2.24) is 4.98 Å². The van der Waals surface area contributed by atoms with Gasteiger partial charge in [-0.2, -0.15) is 0 Å². The van der Waals surface area contributed by atoms with Gasteiger partial charge in [-0.15, -0.1) is 0 Å². The Kier molecular flexibility index (Phi) is 3.51. The molecule has 0 fully saturated rings. The first-order chi connectivity index (χ1) is 7.74. The molecule has 1 heterocycles. The fraction of sp³-hybridized carbons (Fsp3) is 0.0833. The lowest BCUT2D eigenvalue weighted by atomic mass is 10.2. The molecule has 2 aromatic rings. The van der Waals surface area contributed by atoms with Gasteiger partial charge in [0.15, 0.2) is 0 Å². The molecule has 16 heavy (non-hydrogen) atoms. The number of nitrogens with one attached hydrogen (secondary N) is 1. The molecule has 0 radical (unpaired) electrons. The largest absolute Gasteiger partial charge is 0.381 e. The van der Waals surface area contributed by atoms with Crippen LogP contribution in [0.1, 0.15) is 5.56 Å². The van der Waals surface area contributed by atoms with Crippen LogP contribution in [0.4, 0.5) is 10.1 Å². The van der Waals surface area contributed by atoms with E-state index < -0.39 is 0 Å². The third-order valence-corrected chi connectivity index (χ3v) is 2.54. The predicted molar refractivity (Wildman–Crippen MR) is 65.7 cm³/mol. The summed E-state index contributed by atoms with van der Waals surface area (Å²) >= 11 is 3.25. The molecule has 0 atom stereocenters. The second-order valence-corrected chi connectivity index (χ2v) is 4.29. The summed E-state index contributed by atoms with van der Waals surface area (Å²) in [5.41, 5.74) is 1.80. The fourth-order valence-electron chi connectivity index (χ4n) is 1.36. The number of aromatic nitrogens is 1. The summed E-state index contributed by atoms with van der Waals surface area (Å²) in [5, 5.41) is 3.13. The molecule has 1 aromatic carbocycles. The van der Waals surface area contributed by atoms with Gasteiger partial charge in [0.2, 0.25) is 0 Å². The lowest BCUT2D eigenvalue weighted by molar-refractivity contribution is 0.627. The van der Waals surface area contributed by atoms with Crippen molar-refractivity contribution in [3.05, 3.63) is 58.6 Å². The molecule has 0 unspecified atom stereocenters. The highest BCUT2D eigenvalue weighted by atomic mass is 79.9. The minimum atomic E-state index is -0.261. The van der Waals surface area contributed by atoms with Crippen LogP contribution < -0.4 is 5.32 Å². The normalized spacial score (nSPS) is 10.1. The minimum Gasteiger partial charge on any atom is -0.381 e. The molecule has 0 saturated heterocycles. The third kappa shape index (κ3) is 3.03. The quantitative estimate of drug-likeness (QED) is 0.929. The highest BCUT2D eigenvalue weighted by Crippen LogP contribution is 2.19. The van der Waals surface area contributed by atoms with Crippen molar-refractivity contribution in [2.75, 3.05) is 5.32 Å². The summed E-state index contributed by atoms with van der Waals surface area (Å²) < 4.78 is 13.8. The van der Waals surface area contributed by atoms with E-state index in [0.717, 1.165) is 15.7 Å². The molecule has 0 saturated carbocycles. The summed E-state index contributed by atoms with van der Waals surface area (Å²) in [5.74, 6) is -0.261. The molecule has 82 valence electrons. The minimum absolute atomic E-state index is 0.261. The van der Waals surface area contributed by atoms with E-state index in [1.54, 1.807) is 12.4 Å². The molecule has 0 spiro atoms. The maximum absolute atomic E-state index is 13.1. The van der Waals surface area contributed by atoms with Gasteiger partial charge in [-0.1, -0.05) is 22.0 Å². The van der Waals surface area contributed by atoms with Crippen molar-refractivity contribution < 1.29 is 4.39 Å². The molecule has 2 rings (SSSR count). The van der Waals surface area contributed by atoms with Crippen LogP contribution in [-0.4, -0.2) is 4.98 Å². The Morgan fingerprint density at radius 2 is 2.19 bits per heavy atom. The zero-order valence-corrected chi connectivity index (χ0v) is 10.0. The van der Waals surface area contributed by atoms with Crippen LogP contribution in [0, 0.1) is 5.82 Å². The number of pyridine rings is 1. The Morgan fingerprint density at radius 1 is 1.31 bits per heavy atom. The summed E-state index contributed by atoms with van der Waals surface area (Å²) in [6.45, 7) is 0.629. The Hall–Kier alpha value is -1.42. The Balaban J connectivity index is 2.05. The SMILES string of the molecule is Fc1cc(Br)cc(NCc2cccnc2)c1. The first kappa shape index (κ1) is 11.1. The molecule has 0 amide bonds. The summed E-state index contributed by atoms with van der Waals surface area (Å²) in [6.07, 6.45) is 3.50. The summed E-state index contributed by atoms with van der Waals surface area (Å²) in [7, 11) is 0. The van der Waals surface area contributed by atoms with Gasteiger partial charge < -0.3 is 5.32 Å². The van der Waals surface area contributed by atoms with Crippen LogP contribution in [0.25, 0.3) is 0 Å². The Labute approximate surface area is 102 Å². The molecule has 0 aliphatic heterocycles. The van der Waals surface area contributed by atoms with Gasteiger partial charge in [0, 0.05) is 29.1 Å². The molecule has 0 aliphatic rings. The number of nitrogens with zero attached hydrogens (tertiary/aromatic N) is 1. The Morgan fingerprint density at radius 3 is 2.88 bits per heavy atom. The molecule has 1 aromatic heterocycles. The van der Waals surface area contributed by atoms with E-state index in [-0.39, 0.29) is 5.82 Å². The molecular weight excluding hydrogens is 271 g/mol. The van der Waals surface area contributed by atoms with Gasteiger partial charge in [-0.05, 0) is 29.8 Å². The Bertz CT molecular complexity index is 453. The molecule has 2 nitrogen and oxygen atoms in total. The summed E-state index contributed by atoms with van der Waals surface area (Å²) in [4.78, 5) is 4.01. The monoisotopic (exact) mass is 280 g/mol. The third-order valence-electron chi connectivity index (χ3n) is 2.08. The van der Waals surface area contributed by atoms with Gasteiger partial charge in [-0.25, -0.2) is 4.39 Å². The average molecular weight is 281 g/mol. The number of rotatable bonds is 3. The lowest BCUT2D eigenvalue weighted by Gasteiger charge is -2.06. The van der Waals surface area contributed by atoms with Crippen LogP contribution in [0.5, 0.6) is 0 Å². The first-order valence-electron chi connectivity index (χ1n) is 4.83. The van der Waals surface area contributed by atoms with Gasteiger partial charge in [-0.3, -0.25) is 4.98 Å². The number of anilines is 1. The molecule has 0 aliphatic carbocycles. The van der Waals surface area contributed by atoms with Crippen molar-refractivity contribution in [2.24, 2.45) is 0 Å². The van der Waals surface area contributed by atoms with Gasteiger partial charge >= 0.3 is 0 Å². The van der Waals surface area contributed by atoms with Crippen molar-refractivity contribution in [3.63, 3.8) is 0 Å². The predicted octanol–water partition coefficient (Wildman–Crippen LogP) is 3.60. The van der Waals surface area contributed by atoms with Crippen molar-refractivity contribution in [2.45, 2.75) is 6.54 Å². The van der Waals surface area contributed by atoms with Crippen LogP contribution >= 0.6 is 15.9 Å². The molecule has 0 bridgehead atoms. The van der Waals surface area contributed by atoms with Crippen LogP contribution in [0.2, 0.25) is 0 Å². The number of hydrogen-bond acceptors (Lipinski definition) is 2. The zero-order valence-electron chi connectivity index (χ0n) is 8.45. The van der Waals surface area contributed by atoms with E-state index in [1.807, 2.05) is 18.2 Å². The van der Waals surface area contributed by atoms with Gasteiger partial charge in [0.25, 0.3) is 0 Å². The standard InChI is InChI=1S/C12H10BrFN2/c13-10-4-11(14)6-12(5-10)16-8-9-2-1-3-15-7-9/h1-7,16H,8H2. The van der Waals surface area contributed by atoms with E-state index in [9.17, 15) is 4.39 Å². The first-order valence-corrected chi connectivity index (χ1v) is 5.62. The van der Waals surface area contributed by atoms with Crippen LogP contribution in [0.3, 0.4) is 0 Å². The fourth-order valence-corrected chi connectivity index (χ4v) is 1.83. The zero-order chi connectivity index (χ0) is 11.4. The van der Waals surface area contributed by atoms with Crippen molar-refractivity contribution in [1.29, 1.82) is 0 Å². The average Bonchev–Trinajstić information content (AvgIpc) is 2.27. The van der Waals surface area contributed by atoms with E-state index in [4.69, 9.17) is 0 Å². The second-order valence-electron chi connectivity index (χ2n) is 3.37.